The maximum Gasteiger partial charge on any atom is 0.267 e. The second-order valence-corrected chi connectivity index (χ2v) is 9.16. The van der Waals surface area contributed by atoms with E-state index in [1.165, 1.54) is 11.3 Å². The summed E-state index contributed by atoms with van der Waals surface area (Å²) in [4.78, 5) is 16.9. The highest BCUT2D eigenvalue weighted by molar-refractivity contribution is 7.93. The topological polar surface area (TPSA) is 126 Å². The van der Waals surface area contributed by atoms with Crippen LogP contribution in [-0.4, -0.2) is 36.1 Å². The summed E-state index contributed by atoms with van der Waals surface area (Å²) in [7, 11) is -3.81. The number of benzene rings is 1. The maximum atomic E-state index is 12.7. The number of hydrogen-bond donors (Lipinski definition) is 3. The molecule has 0 fully saturated rings. The number of nitrogens with zero attached hydrogens (tertiary/aromatic N) is 2. The molecule has 0 saturated carbocycles. The SMILES string of the molecule is Cc1n[nH]c(C)c1S(=O)(=O)Nc1nc(-c2ccc3c(c2)NC(=O)CO3)c(C)s1. The van der Waals surface area contributed by atoms with Crippen molar-refractivity contribution < 1.29 is 17.9 Å². The summed E-state index contributed by atoms with van der Waals surface area (Å²) in [6.07, 6.45) is 0. The predicted molar refractivity (Wildman–Crippen MR) is 105 cm³/mol. The van der Waals surface area contributed by atoms with Crippen molar-refractivity contribution in [2.75, 3.05) is 16.6 Å². The molecule has 1 amide bonds. The highest BCUT2D eigenvalue weighted by Crippen LogP contribution is 2.36. The standard InChI is InChI=1S/C17H17N5O4S2/c1-8-16(9(2)21-20-8)28(24,25)22-17-19-15(10(3)27-17)11-4-5-13-12(6-11)18-14(23)7-26-13/h4-6H,7H2,1-3H3,(H,18,23)(H,19,22)(H,20,21). The lowest BCUT2D eigenvalue weighted by Gasteiger charge is -2.18. The number of rotatable bonds is 4. The number of aryl methyl sites for hydroxylation is 3. The van der Waals surface area contributed by atoms with E-state index < -0.39 is 10.0 Å². The van der Waals surface area contributed by atoms with E-state index >= 15 is 0 Å². The molecule has 0 spiro atoms. The van der Waals surface area contributed by atoms with Crippen LogP contribution in [0.5, 0.6) is 5.75 Å². The van der Waals surface area contributed by atoms with Crippen molar-refractivity contribution in [2.45, 2.75) is 25.7 Å². The molecule has 0 saturated heterocycles. The number of thiazole rings is 1. The molecule has 0 aliphatic carbocycles. The van der Waals surface area contributed by atoms with Crippen LogP contribution in [0.25, 0.3) is 11.3 Å². The fraction of sp³-hybridized carbons (Fsp3) is 0.235. The van der Waals surface area contributed by atoms with Crippen molar-refractivity contribution in [3.05, 3.63) is 34.5 Å². The Balaban J connectivity index is 1.66. The molecule has 3 heterocycles. The van der Waals surface area contributed by atoms with Crippen LogP contribution in [0.15, 0.2) is 23.1 Å². The average Bonchev–Trinajstić information content (AvgIpc) is 3.15. The predicted octanol–water partition coefficient (Wildman–Crippen LogP) is 2.59. The second kappa shape index (κ2) is 6.60. The number of amides is 1. The molecule has 4 rings (SSSR count). The summed E-state index contributed by atoms with van der Waals surface area (Å²) in [5.41, 5.74) is 2.80. The van der Waals surface area contributed by atoms with E-state index in [1.54, 1.807) is 26.0 Å². The summed E-state index contributed by atoms with van der Waals surface area (Å²) in [6, 6.07) is 5.34. The van der Waals surface area contributed by atoms with Gasteiger partial charge < -0.3 is 10.1 Å². The first-order valence-corrected chi connectivity index (χ1v) is 10.6. The lowest BCUT2D eigenvalue weighted by molar-refractivity contribution is -0.118. The number of sulfonamides is 1. The Bertz CT molecular complexity index is 1180. The summed E-state index contributed by atoms with van der Waals surface area (Å²) in [6.45, 7) is 5.12. The fourth-order valence-corrected chi connectivity index (χ4v) is 5.48. The summed E-state index contributed by atoms with van der Waals surface area (Å²) in [5, 5.41) is 9.62. The molecule has 0 unspecified atom stereocenters. The van der Waals surface area contributed by atoms with E-state index in [1.807, 2.05) is 13.0 Å². The van der Waals surface area contributed by atoms with Crippen molar-refractivity contribution in [3.63, 3.8) is 0 Å². The molecular formula is C17H17N5O4S2. The van der Waals surface area contributed by atoms with E-state index in [2.05, 4.69) is 25.2 Å². The second-order valence-electron chi connectivity index (χ2n) is 6.34. The summed E-state index contributed by atoms with van der Waals surface area (Å²) in [5.74, 6) is 0.363. The lowest BCUT2D eigenvalue weighted by atomic mass is 10.1. The molecule has 3 aromatic rings. The highest BCUT2D eigenvalue weighted by atomic mass is 32.2. The van der Waals surface area contributed by atoms with Gasteiger partial charge >= 0.3 is 0 Å². The van der Waals surface area contributed by atoms with Gasteiger partial charge in [0.15, 0.2) is 11.7 Å². The minimum absolute atomic E-state index is 0.0130. The zero-order valence-corrected chi connectivity index (χ0v) is 16.9. The zero-order chi connectivity index (χ0) is 20.1. The van der Waals surface area contributed by atoms with Gasteiger partial charge in [-0.05, 0) is 39.0 Å². The first-order valence-electron chi connectivity index (χ1n) is 8.33. The van der Waals surface area contributed by atoms with E-state index in [0.29, 0.717) is 28.5 Å². The van der Waals surface area contributed by atoms with Crippen molar-refractivity contribution in [1.29, 1.82) is 0 Å². The Morgan fingerprint density at radius 3 is 2.75 bits per heavy atom. The Morgan fingerprint density at radius 1 is 1.25 bits per heavy atom. The monoisotopic (exact) mass is 419 g/mol. The third-order valence-corrected chi connectivity index (χ3v) is 6.85. The van der Waals surface area contributed by atoms with Gasteiger partial charge in [-0.25, -0.2) is 13.4 Å². The quantitative estimate of drug-likeness (QED) is 0.597. The molecule has 146 valence electrons. The first-order chi connectivity index (χ1) is 13.2. The molecule has 11 heteroatoms. The largest absolute Gasteiger partial charge is 0.482 e. The number of anilines is 2. The number of carbonyl (C=O) groups is 1. The molecule has 0 atom stereocenters. The number of aromatic amines is 1. The molecular weight excluding hydrogens is 402 g/mol. The van der Waals surface area contributed by atoms with Crippen molar-refractivity contribution in [2.24, 2.45) is 0 Å². The van der Waals surface area contributed by atoms with Gasteiger partial charge in [0.25, 0.3) is 15.9 Å². The number of aromatic nitrogens is 3. The summed E-state index contributed by atoms with van der Waals surface area (Å²) < 4.78 is 33.3. The van der Waals surface area contributed by atoms with E-state index in [0.717, 1.165) is 10.4 Å². The first kappa shape index (κ1) is 18.4. The fourth-order valence-electron chi connectivity index (χ4n) is 3.04. The normalized spacial score (nSPS) is 13.6. The number of nitrogens with one attached hydrogen (secondary N) is 3. The minimum Gasteiger partial charge on any atom is -0.482 e. The average molecular weight is 419 g/mol. The molecule has 1 aliphatic heterocycles. The Labute approximate surface area is 165 Å². The zero-order valence-electron chi connectivity index (χ0n) is 15.3. The van der Waals surface area contributed by atoms with Crippen LogP contribution in [0.2, 0.25) is 0 Å². The molecule has 28 heavy (non-hydrogen) atoms. The minimum atomic E-state index is -3.81. The van der Waals surface area contributed by atoms with Crippen LogP contribution < -0.4 is 14.8 Å². The van der Waals surface area contributed by atoms with E-state index in [4.69, 9.17) is 4.74 Å². The third kappa shape index (κ3) is 3.22. The van der Waals surface area contributed by atoms with Gasteiger partial charge in [-0.1, -0.05) is 0 Å². The number of ether oxygens (including phenoxy) is 1. The maximum absolute atomic E-state index is 12.7. The van der Waals surface area contributed by atoms with E-state index in [-0.39, 0.29) is 22.5 Å². The van der Waals surface area contributed by atoms with Crippen LogP contribution >= 0.6 is 11.3 Å². The van der Waals surface area contributed by atoms with Gasteiger partial charge in [0, 0.05) is 10.4 Å². The van der Waals surface area contributed by atoms with Crippen LogP contribution in [0.4, 0.5) is 10.8 Å². The van der Waals surface area contributed by atoms with Crippen LogP contribution in [-0.2, 0) is 14.8 Å². The smallest absolute Gasteiger partial charge is 0.267 e. The van der Waals surface area contributed by atoms with E-state index in [9.17, 15) is 13.2 Å². The molecule has 9 nitrogen and oxygen atoms in total. The molecule has 0 bridgehead atoms. The number of carbonyl (C=O) groups excluding carboxylic acids is 1. The van der Waals surface area contributed by atoms with Gasteiger partial charge in [-0.3, -0.25) is 14.6 Å². The number of fused-ring (bicyclic) bond motifs is 1. The highest BCUT2D eigenvalue weighted by Gasteiger charge is 2.24. The third-order valence-electron chi connectivity index (χ3n) is 4.23. The van der Waals surface area contributed by atoms with Crippen LogP contribution in [0.3, 0.4) is 0 Å². The lowest BCUT2D eigenvalue weighted by Crippen LogP contribution is -2.25. The van der Waals surface area contributed by atoms with Crippen LogP contribution in [0.1, 0.15) is 16.3 Å². The van der Waals surface area contributed by atoms with Crippen LogP contribution in [0, 0.1) is 20.8 Å². The molecule has 3 N–H and O–H groups in total. The van der Waals surface area contributed by atoms with Gasteiger partial charge in [0.05, 0.1) is 22.8 Å². The van der Waals surface area contributed by atoms with Gasteiger partial charge in [-0.2, -0.15) is 5.10 Å². The summed E-state index contributed by atoms with van der Waals surface area (Å²) >= 11 is 1.23. The molecule has 0 radical (unpaired) electrons. The number of H-pyrrole nitrogens is 1. The van der Waals surface area contributed by atoms with Crippen molar-refractivity contribution >= 4 is 38.1 Å². The Kier molecular flexibility index (Phi) is 4.35. The molecule has 1 aromatic carbocycles. The Morgan fingerprint density at radius 2 is 2.04 bits per heavy atom. The Hall–Kier alpha value is -2.92. The van der Waals surface area contributed by atoms with Crippen molar-refractivity contribution in [1.82, 2.24) is 15.2 Å². The molecule has 2 aromatic heterocycles. The van der Waals surface area contributed by atoms with Crippen molar-refractivity contribution in [3.8, 4) is 17.0 Å². The number of hydrogen-bond acceptors (Lipinski definition) is 7. The van der Waals surface area contributed by atoms with Gasteiger partial charge in [0.1, 0.15) is 10.6 Å². The van der Waals surface area contributed by atoms with Gasteiger partial charge in [-0.15, -0.1) is 11.3 Å². The van der Waals surface area contributed by atoms with Gasteiger partial charge in [0.2, 0.25) is 0 Å². The molecule has 1 aliphatic rings.